The largest absolute Gasteiger partial charge is 0.352 e. The van der Waals surface area contributed by atoms with E-state index in [1.54, 1.807) is 6.20 Å². The summed E-state index contributed by atoms with van der Waals surface area (Å²) >= 11 is 5.84. The van der Waals surface area contributed by atoms with Gasteiger partial charge in [0.25, 0.3) is 0 Å². The fourth-order valence-electron chi connectivity index (χ4n) is 5.40. The first-order chi connectivity index (χ1) is 18.9. The van der Waals surface area contributed by atoms with Crippen LogP contribution in [0.3, 0.4) is 0 Å². The zero-order chi connectivity index (χ0) is 27.5. The van der Waals surface area contributed by atoms with E-state index >= 15 is 0 Å². The van der Waals surface area contributed by atoms with Gasteiger partial charge < -0.3 is 20.1 Å². The molecule has 1 saturated heterocycles. The normalized spacial score (nSPS) is 16.8. The predicted octanol–water partition coefficient (Wildman–Crippen LogP) is 5.76. The number of thiocarbonyl (C=S) groups is 1. The third kappa shape index (κ3) is 5.43. The second-order valence-corrected chi connectivity index (χ2v) is 10.4. The molecule has 1 aromatic carbocycles. The van der Waals surface area contributed by atoms with Gasteiger partial charge in [0.15, 0.2) is 5.11 Å². The molecule has 7 nitrogen and oxygen atoms in total. The van der Waals surface area contributed by atoms with Gasteiger partial charge in [0.1, 0.15) is 5.82 Å². The number of benzene rings is 1. The standard InChI is InChI=1S/C31H34N6OS/c1-5-23-10-6-7-11-25(23)34-28(38)15-17-36-30(29(35-31(36)39)26-12-8-9-16-32-26)24-18-21(3)37(22(24)4)27-14-13-20(2)19-33-27/h6-14,16,18-19,29-30H,5,15,17H2,1-4H3,(H,34,38)(H,35,39). The lowest BCUT2D eigenvalue weighted by Crippen LogP contribution is -2.33. The monoisotopic (exact) mass is 538 g/mol. The molecule has 2 N–H and O–H groups in total. The summed E-state index contributed by atoms with van der Waals surface area (Å²) in [5.74, 6) is 0.846. The van der Waals surface area contributed by atoms with Crippen molar-refractivity contribution in [3.8, 4) is 5.82 Å². The van der Waals surface area contributed by atoms with E-state index in [2.05, 4.69) is 63.0 Å². The van der Waals surface area contributed by atoms with Gasteiger partial charge in [0, 0.05) is 42.4 Å². The molecule has 0 bridgehead atoms. The molecule has 0 spiro atoms. The van der Waals surface area contributed by atoms with Crippen LogP contribution in [0.5, 0.6) is 0 Å². The molecule has 200 valence electrons. The van der Waals surface area contributed by atoms with Crippen LogP contribution in [0.1, 0.15) is 59.2 Å². The maximum Gasteiger partial charge on any atom is 0.226 e. The first-order valence-electron chi connectivity index (χ1n) is 13.3. The molecule has 0 saturated carbocycles. The van der Waals surface area contributed by atoms with Crippen LogP contribution in [0.15, 0.2) is 73.1 Å². The van der Waals surface area contributed by atoms with Crippen LogP contribution in [-0.4, -0.2) is 37.0 Å². The van der Waals surface area contributed by atoms with Crippen molar-refractivity contribution in [2.24, 2.45) is 0 Å². The number of nitrogens with zero attached hydrogens (tertiary/aromatic N) is 4. The third-order valence-corrected chi connectivity index (χ3v) is 7.72. The quantitative estimate of drug-likeness (QED) is 0.278. The van der Waals surface area contributed by atoms with Crippen LogP contribution in [0.2, 0.25) is 0 Å². The van der Waals surface area contributed by atoms with Crippen LogP contribution >= 0.6 is 12.2 Å². The number of aryl methyl sites for hydroxylation is 3. The van der Waals surface area contributed by atoms with Gasteiger partial charge >= 0.3 is 0 Å². The zero-order valence-electron chi connectivity index (χ0n) is 22.8. The van der Waals surface area contributed by atoms with Crippen molar-refractivity contribution in [2.45, 2.75) is 52.6 Å². The number of pyridine rings is 2. The van der Waals surface area contributed by atoms with Gasteiger partial charge in [-0.3, -0.25) is 9.78 Å². The number of carbonyl (C=O) groups excluding carboxylic acids is 1. The number of hydrogen-bond acceptors (Lipinski definition) is 4. The lowest BCUT2D eigenvalue weighted by molar-refractivity contribution is -0.116. The Kier molecular flexibility index (Phi) is 7.74. The number of amides is 1. The van der Waals surface area contributed by atoms with Gasteiger partial charge in [-0.1, -0.05) is 37.3 Å². The Morgan fingerprint density at radius 1 is 1.05 bits per heavy atom. The van der Waals surface area contributed by atoms with Gasteiger partial charge in [-0.25, -0.2) is 4.98 Å². The van der Waals surface area contributed by atoms with Crippen molar-refractivity contribution < 1.29 is 4.79 Å². The Hall–Kier alpha value is -4.04. The molecule has 1 aliphatic rings. The number of anilines is 1. The summed E-state index contributed by atoms with van der Waals surface area (Å²) in [5.41, 5.74) is 7.33. The number of nitrogens with one attached hydrogen (secondary N) is 2. The molecule has 1 aliphatic heterocycles. The topological polar surface area (TPSA) is 75.1 Å². The summed E-state index contributed by atoms with van der Waals surface area (Å²) in [7, 11) is 0. The van der Waals surface area contributed by atoms with E-state index < -0.39 is 0 Å². The number of aromatic nitrogens is 3. The third-order valence-electron chi connectivity index (χ3n) is 7.36. The molecule has 2 unspecified atom stereocenters. The number of carbonyl (C=O) groups is 1. The van der Waals surface area contributed by atoms with E-state index in [9.17, 15) is 4.79 Å². The summed E-state index contributed by atoms with van der Waals surface area (Å²) in [5, 5.41) is 7.22. The molecule has 4 heterocycles. The Balaban J connectivity index is 1.46. The maximum absolute atomic E-state index is 13.1. The van der Waals surface area contributed by atoms with Gasteiger partial charge in [0.05, 0.1) is 17.8 Å². The van der Waals surface area contributed by atoms with Gasteiger partial charge in [0.2, 0.25) is 5.91 Å². The first-order valence-corrected chi connectivity index (χ1v) is 13.8. The molecule has 39 heavy (non-hydrogen) atoms. The highest BCUT2D eigenvalue weighted by molar-refractivity contribution is 7.80. The molecule has 1 fully saturated rings. The summed E-state index contributed by atoms with van der Waals surface area (Å²) in [4.78, 5) is 24.5. The van der Waals surface area contributed by atoms with Crippen molar-refractivity contribution in [3.63, 3.8) is 0 Å². The van der Waals surface area contributed by atoms with Crippen molar-refractivity contribution in [1.29, 1.82) is 0 Å². The maximum atomic E-state index is 13.1. The van der Waals surface area contributed by atoms with Gasteiger partial charge in [-0.15, -0.1) is 0 Å². The lowest BCUT2D eigenvalue weighted by atomic mass is 9.96. The average Bonchev–Trinajstić information content (AvgIpc) is 3.43. The molecule has 2 atom stereocenters. The van der Waals surface area contributed by atoms with Crippen molar-refractivity contribution in [1.82, 2.24) is 24.8 Å². The first kappa shape index (κ1) is 26.6. The molecule has 0 aliphatic carbocycles. The highest BCUT2D eigenvalue weighted by Crippen LogP contribution is 2.41. The smallest absolute Gasteiger partial charge is 0.226 e. The van der Waals surface area contributed by atoms with Crippen LogP contribution in [-0.2, 0) is 11.2 Å². The number of rotatable bonds is 8. The highest BCUT2D eigenvalue weighted by atomic mass is 32.1. The van der Waals surface area contributed by atoms with E-state index in [1.165, 1.54) is 0 Å². The molecule has 8 heteroatoms. The molecule has 1 amide bonds. The minimum absolute atomic E-state index is 0.0342. The van der Waals surface area contributed by atoms with Crippen molar-refractivity contribution >= 4 is 28.9 Å². The SMILES string of the molecule is CCc1ccccc1NC(=O)CCN1C(=S)NC(c2ccccn2)C1c1cc(C)n(-c2ccc(C)cn2)c1C. The Morgan fingerprint density at radius 2 is 1.85 bits per heavy atom. The van der Waals surface area contributed by atoms with Crippen molar-refractivity contribution in [2.75, 3.05) is 11.9 Å². The minimum atomic E-state index is -0.150. The fraction of sp³-hybridized carbons (Fsp3) is 0.290. The van der Waals surface area contributed by atoms with Crippen LogP contribution in [0.4, 0.5) is 5.69 Å². The molecular formula is C31H34N6OS. The zero-order valence-corrected chi connectivity index (χ0v) is 23.6. The predicted molar refractivity (Wildman–Crippen MR) is 159 cm³/mol. The Bertz CT molecular complexity index is 1480. The molecule has 5 rings (SSSR count). The highest BCUT2D eigenvalue weighted by Gasteiger charge is 2.41. The summed E-state index contributed by atoms with van der Waals surface area (Å²) in [6.07, 6.45) is 4.86. The van der Waals surface area contributed by atoms with Crippen molar-refractivity contribution in [3.05, 3.63) is 107 Å². The van der Waals surface area contributed by atoms with E-state index in [-0.39, 0.29) is 18.0 Å². The molecular weight excluding hydrogens is 504 g/mol. The Morgan fingerprint density at radius 3 is 2.56 bits per heavy atom. The molecule has 0 radical (unpaired) electrons. The summed E-state index contributed by atoms with van der Waals surface area (Å²) in [6.45, 7) is 8.82. The average molecular weight is 539 g/mol. The van der Waals surface area contributed by atoms with E-state index in [0.717, 1.165) is 51.7 Å². The van der Waals surface area contributed by atoms with Gasteiger partial charge in [-0.05, 0) is 86.4 Å². The summed E-state index contributed by atoms with van der Waals surface area (Å²) < 4.78 is 2.18. The van der Waals surface area contributed by atoms with Crippen LogP contribution < -0.4 is 10.6 Å². The Labute approximate surface area is 235 Å². The number of para-hydroxylation sites is 1. The second kappa shape index (κ2) is 11.4. The van der Waals surface area contributed by atoms with Gasteiger partial charge in [-0.2, -0.15) is 0 Å². The lowest BCUT2D eigenvalue weighted by Gasteiger charge is -2.28. The van der Waals surface area contributed by atoms with Crippen LogP contribution in [0.25, 0.3) is 5.82 Å². The number of hydrogen-bond donors (Lipinski definition) is 2. The van der Waals surface area contributed by atoms with E-state index in [0.29, 0.717) is 18.1 Å². The van der Waals surface area contributed by atoms with Crippen LogP contribution in [0, 0.1) is 20.8 Å². The van der Waals surface area contributed by atoms with E-state index in [1.807, 2.05) is 61.7 Å². The minimum Gasteiger partial charge on any atom is -0.352 e. The molecule has 4 aromatic rings. The van der Waals surface area contributed by atoms with E-state index in [4.69, 9.17) is 12.2 Å². The molecule has 3 aromatic heterocycles. The summed E-state index contributed by atoms with van der Waals surface area (Å²) in [6, 6.07) is 19.9. The second-order valence-electron chi connectivity index (χ2n) is 9.98. The fourth-order valence-corrected chi connectivity index (χ4v) is 5.73.